The highest BCUT2D eigenvalue weighted by molar-refractivity contribution is 5.42. The molecule has 0 unspecified atom stereocenters. The summed E-state index contributed by atoms with van der Waals surface area (Å²) in [6, 6.07) is 5.08. The molecule has 18 heavy (non-hydrogen) atoms. The molecule has 0 spiro atoms. The molecule has 1 aliphatic rings. The van der Waals surface area contributed by atoms with Gasteiger partial charge in [0, 0.05) is 19.3 Å². The molecule has 1 fully saturated rings. The number of alkyl halides is 3. The second-order valence-corrected chi connectivity index (χ2v) is 4.49. The van der Waals surface area contributed by atoms with Gasteiger partial charge in [0.25, 0.3) is 0 Å². The van der Waals surface area contributed by atoms with E-state index in [2.05, 4.69) is 4.98 Å². The van der Waals surface area contributed by atoms with Crippen LogP contribution in [0.15, 0.2) is 18.3 Å². The van der Waals surface area contributed by atoms with Gasteiger partial charge in [-0.05, 0) is 25.0 Å². The van der Waals surface area contributed by atoms with Gasteiger partial charge in [-0.25, -0.2) is 4.98 Å². The molecule has 96 valence electrons. The Morgan fingerprint density at radius 3 is 2.50 bits per heavy atom. The van der Waals surface area contributed by atoms with Crippen LogP contribution >= 0.6 is 0 Å². The van der Waals surface area contributed by atoms with Crippen LogP contribution in [-0.4, -0.2) is 24.2 Å². The minimum Gasteiger partial charge on any atom is -0.357 e. The lowest BCUT2D eigenvalue weighted by molar-refractivity contribution is -0.196. The largest absolute Gasteiger partial charge is 0.391 e. The van der Waals surface area contributed by atoms with Gasteiger partial charge in [-0.3, -0.25) is 0 Å². The molecule has 0 amide bonds. The fraction of sp³-hybridized carbons (Fsp3) is 0.500. The lowest BCUT2D eigenvalue weighted by atomic mass is 9.79. The van der Waals surface area contributed by atoms with E-state index < -0.39 is 12.1 Å². The van der Waals surface area contributed by atoms with Crippen LogP contribution in [0.1, 0.15) is 18.4 Å². The van der Waals surface area contributed by atoms with Crippen molar-refractivity contribution >= 4 is 5.82 Å². The summed E-state index contributed by atoms with van der Waals surface area (Å²) in [5.74, 6) is -0.594. The first kappa shape index (κ1) is 12.7. The minimum atomic E-state index is -4.09. The average molecular weight is 255 g/mol. The normalized spacial score (nSPS) is 23.1. The summed E-state index contributed by atoms with van der Waals surface area (Å²) >= 11 is 0. The van der Waals surface area contributed by atoms with Crippen LogP contribution < -0.4 is 4.90 Å². The van der Waals surface area contributed by atoms with E-state index in [1.807, 2.05) is 6.07 Å². The standard InChI is InChI=1S/C12H12F3N3/c1-18(10-4-9(5-10)12(13,14)15)11-3-2-8(6-16)7-17-11/h2-3,7,9-10H,4-5H2,1H3. The number of hydrogen-bond acceptors (Lipinski definition) is 3. The van der Waals surface area contributed by atoms with Gasteiger partial charge in [-0.2, -0.15) is 18.4 Å². The molecule has 0 bridgehead atoms. The number of rotatable bonds is 2. The number of halogens is 3. The van der Waals surface area contributed by atoms with Crippen LogP contribution in [0, 0.1) is 17.2 Å². The van der Waals surface area contributed by atoms with Crippen LogP contribution in [0.5, 0.6) is 0 Å². The maximum atomic E-state index is 12.4. The van der Waals surface area contributed by atoms with Gasteiger partial charge in [0.2, 0.25) is 0 Å². The van der Waals surface area contributed by atoms with Crippen molar-refractivity contribution in [1.29, 1.82) is 5.26 Å². The summed E-state index contributed by atoms with van der Waals surface area (Å²) in [4.78, 5) is 5.80. The zero-order valence-corrected chi connectivity index (χ0v) is 9.78. The Kier molecular flexibility index (Phi) is 3.16. The van der Waals surface area contributed by atoms with Crippen molar-refractivity contribution in [3.05, 3.63) is 23.9 Å². The van der Waals surface area contributed by atoms with Crippen molar-refractivity contribution in [3.63, 3.8) is 0 Å². The number of anilines is 1. The van der Waals surface area contributed by atoms with Gasteiger partial charge >= 0.3 is 6.18 Å². The lowest BCUT2D eigenvalue weighted by Crippen LogP contribution is -2.48. The van der Waals surface area contributed by atoms with Crippen LogP contribution in [0.25, 0.3) is 0 Å². The molecule has 0 atom stereocenters. The van der Waals surface area contributed by atoms with Gasteiger partial charge in [0.05, 0.1) is 11.5 Å². The van der Waals surface area contributed by atoms with Crippen molar-refractivity contribution in [2.24, 2.45) is 5.92 Å². The maximum Gasteiger partial charge on any atom is 0.391 e. The number of nitriles is 1. The van der Waals surface area contributed by atoms with E-state index in [4.69, 9.17) is 5.26 Å². The third kappa shape index (κ3) is 2.40. The molecule has 0 aliphatic heterocycles. The molecule has 2 rings (SSSR count). The quantitative estimate of drug-likeness (QED) is 0.815. The monoisotopic (exact) mass is 255 g/mol. The highest BCUT2D eigenvalue weighted by atomic mass is 19.4. The number of pyridine rings is 1. The smallest absolute Gasteiger partial charge is 0.357 e. The van der Waals surface area contributed by atoms with Crippen molar-refractivity contribution in [2.75, 3.05) is 11.9 Å². The molecule has 0 radical (unpaired) electrons. The van der Waals surface area contributed by atoms with E-state index in [1.165, 1.54) is 6.20 Å². The first-order valence-corrected chi connectivity index (χ1v) is 5.57. The summed E-state index contributed by atoms with van der Waals surface area (Å²) in [7, 11) is 1.73. The van der Waals surface area contributed by atoms with Gasteiger partial charge < -0.3 is 4.90 Å². The van der Waals surface area contributed by atoms with E-state index in [1.54, 1.807) is 24.1 Å². The lowest BCUT2D eigenvalue weighted by Gasteiger charge is -2.42. The highest BCUT2D eigenvalue weighted by Crippen LogP contribution is 2.43. The van der Waals surface area contributed by atoms with E-state index in [0.29, 0.717) is 11.4 Å². The predicted octanol–water partition coefficient (Wildman–Crippen LogP) is 2.73. The molecule has 0 aromatic carbocycles. The Morgan fingerprint density at radius 2 is 2.06 bits per heavy atom. The average Bonchev–Trinajstić information content (AvgIpc) is 2.25. The summed E-state index contributed by atoms with van der Waals surface area (Å²) in [6.07, 6.45) is -2.44. The molecule has 0 saturated heterocycles. The molecule has 6 heteroatoms. The third-order valence-electron chi connectivity index (χ3n) is 3.36. The Hall–Kier alpha value is -1.77. The molecule has 1 aromatic heterocycles. The molecule has 1 heterocycles. The zero-order valence-electron chi connectivity index (χ0n) is 9.78. The van der Waals surface area contributed by atoms with E-state index in [9.17, 15) is 13.2 Å². The Balaban J connectivity index is 1.97. The molecule has 1 aliphatic carbocycles. The SMILES string of the molecule is CN(c1ccc(C#N)cn1)C1CC(C(F)(F)F)C1. The van der Waals surface area contributed by atoms with Crippen LogP contribution in [-0.2, 0) is 0 Å². The second-order valence-electron chi connectivity index (χ2n) is 4.49. The molecule has 1 aromatic rings. The van der Waals surface area contributed by atoms with Crippen molar-refractivity contribution in [1.82, 2.24) is 4.98 Å². The fourth-order valence-electron chi connectivity index (χ4n) is 2.02. The fourth-order valence-corrected chi connectivity index (χ4v) is 2.02. The number of aromatic nitrogens is 1. The third-order valence-corrected chi connectivity index (χ3v) is 3.36. The van der Waals surface area contributed by atoms with Gasteiger partial charge in [-0.1, -0.05) is 0 Å². The number of nitrogens with zero attached hydrogens (tertiary/aromatic N) is 3. The summed E-state index contributed by atoms with van der Waals surface area (Å²) in [5.41, 5.74) is 0.439. The zero-order chi connectivity index (χ0) is 13.3. The van der Waals surface area contributed by atoms with Gasteiger partial charge in [-0.15, -0.1) is 0 Å². The molecular weight excluding hydrogens is 243 g/mol. The number of hydrogen-bond donors (Lipinski definition) is 0. The van der Waals surface area contributed by atoms with Crippen molar-refractivity contribution in [2.45, 2.75) is 25.1 Å². The van der Waals surface area contributed by atoms with Gasteiger partial charge in [0.15, 0.2) is 0 Å². The molecular formula is C12H12F3N3. The Bertz CT molecular complexity index is 455. The van der Waals surface area contributed by atoms with Crippen LogP contribution in [0.3, 0.4) is 0 Å². The Morgan fingerprint density at radius 1 is 1.39 bits per heavy atom. The topological polar surface area (TPSA) is 39.9 Å². The first-order valence-electron chi connectivity index (χ1n) is 5.57. The van der Waals surface area contributed by atoms with Gasteiger partial charge in [0.1, 0.15) is 11.9 Å². The van der Waals surface area contributed by atoms with E-state index in [-0.39, 0.29) is 18.9 Å². The maximum absolute atomic E-state index is 12.4. The van der Waals surface area contributed by atoms with Crippen molar-refractivity contribution < 1.29 is 13.2 Å². The van der Waals surface area contributed by atoms with Crippen molar-refractivity contribution in [3.8, 4) is 6.07 Å². The molecule has 0 N–H and O–H groups in total. The summed E-state index contributed by atoms with van der Waals surface area (Å²) < 4.78 is 37.1. The van der Waals surface area contributed by atoms with Crippen LogP contribution in [0.4, 0.5) is 19.0 Å². The molecule has 3 nitrogen and oxygen atoms in total. The second kappa shape index (κ2) is 4.48. The highest BCUT2D eigenvalue weighted by Gasteiger charge is 2.49. The van der Waals surface area contributed by atoms with E-state index in [0.717, 1.165) is 0 Å². The van der Waals surface area contributed by atoms with Crippen LogP contribution in [0.2, 0.25) is 0 Å². The van der Waals surface area contributed by atoms with E-state index >= 15 is 0 Å². The molecule has 1 saturated carbocycles. The summed E-state index contributed by atoms with van der Waals surface area (Å²) in [6.45, 7) is 0. The first-order chi connectivity index (χ1) is 8.41. The summed E-state index contributed by atoms with van der Waals surface area (Å²) in [5, 5.41) is 8.63. The Labute approximate surface area is 103 Å². The minimum absolute atomic E-state index is 0.113. The predicted molar refractivity (Wildman–Crippen MR) is 59.9 cm³/mol.